The van der Waals surface area contributed by atoms with Gasteiger partial charge in [0.1, 0.15) is 0 Å². The first-order valence-corrected chi connectivity index (χ1v) is 8.82. The zero-order chi connectivity index (χ0) is 21.6. The minimum Gasteiger partial charge on any atom is -0.269 e. The molecule has 0 saturated heterocycles. The van der Waals surface area contributed by atoms with Gasteiger partial charge >= 0.3 is 0 Å². The Hall–Kier alpha value is -3.43. The van der Waals surface area contributed by atoms with E-state index in [4.69, 9.17) is 20.9 Å². The molecule has 0 saturated carbocycles. The number of fused-ring (bicyclic) bond motifs is 1. The van der Waals surface area contributed by atoms with Crippen molar-refractivity contribution < 1.29 is 2.74 Å². The fourth-order valence-electron chi connectivity index (χ4n) is 3.31. The van der Waals surface area contributed by atoms with Crippen molar-refractivity contribution >= 4 is 28.1 Å². The van der Waals surface area contributed by atoms with Gasteiger partial charge in [0.05, 0.1) is 29.5 Å². The summed E-state index contributed by atoms with van der Waals surface area (Å²) in [5, 5.41) is 11.8. The number of aryl methyl sites for hydroxylation is 2. The summed E-state index contributed by atoms with van der Waals surface area (Å²) in [6, 6.07) is 10.4. The van der Waals surface area contributed by atoms with Crippen molar-refractivity contribution in [2.75, 3.05) is 0 Å². The third-order valence-electron chi connectivity index (χ3n) is 4.63. The van der Waals surface area contributed by atoms with E-state index in [1.807, 2.05) is 6.07 Å². The third kappa shape index (κ3) is 2.77. The predicted molar refractivity (Wildman–Crippen MR) is 111 cm³/mol. The lowest BCUT2D eigenvalue weighted by Crippen LogP contribution is -2.10. The normalized spacial score (nSPS) is 12.5. The van der Waals surface area contributed by atoms with Crippen molar-refractivity contribution in [3.63, 3.8) is 0 Å². The quantitative estimate of drug-likeness (QED) is 0.512. The van der Waals surface area contributed by atoms with Crippen LogP contribution < -0.4 is 5.56 Å². The van der Waals surface area contributed by atoms with Crippen molar-refractivity contribution in [3.8, 4) is 22.4 Å². The Kier molecular flexibility index (Phi) is 3.87. The summed E-state index contributed by atoms with van der Waals surface area (Å²) in [6.07, 6.45) is -0.0743. The lowest BCUT2D eigenvalue weighted by molar-refractivity contribution is 0.776. The second-order valence-electron chi connectivity index (χ2n) is 6.19. The van der Waals surface area contributed by atoms with Gasteiger partial charge in [0.2, 0.25) is 5.69 Å². The van der Waals surface area contributed by atoms with Crippen LogP contribution in [-0.2, 0) is 13.4 Å². The maximum absolute atomic E-state index is 12.2. The summed E-state index contributed by atoms with van der Waals surface area (Å²) in [5.74, 6) is 0. The molecule has 28 heavy (non-hydrogen) atoms. The number of hydrogen-bond acceptors (Lipinski definition) is 3. The van der Waals surface area contributed by atoms with E-state index in [1.165, 1.54) is 6.92 Å². The van der Waals surface area contributed by atoms with Crippen LogP contribution >= 0.6 is 11.6 Å². The van der Waals surface area contributed by atoms with Crippen LogP contribution in [-0.4, -0.2) is 20.0 Å². The van der Waals surface area contributed by atoms with E-state index in [-0.39, 0.29) is 11.3 Å². The summed E-state index contributed by atoms with van der Waals surface area (Å²) in [4.78, 5) is 15.8. The molecule has 0 radical (unpaired) electrons. The van der Waals surface area contributed by atoms with E-state index >= 15 is 0 Å². The number of halogens is 1. The molecule has 2 aromatic heterocycles. The van der Waals surface area contributed by atoms with Crippen molar-refractivity contribution in [2.45, 2.75) is 13.3 Å². The maximum Gasteiger partial charge on any atom is 0.272 e. The van der Waals surface area contributed by atoms with Gasteiger partial charge in [-0.3, -0.25) is 9.48 Å². The van der Waals surface area contributed by atoms with E-state index < -0.39 is 6.37 Å². The molecule has 0 aliphatic heterocycles. The lowest BCUT2D eigenvalue weighted by atomic mass is 9.97. The van der Waals surface area contributed by atoms with E-state index in [0.29, 0.717) is 32.7 Å². The van der Waals surface area contributed by atoms with Crippen LogP contribution in [0.2, 0.25) is 5.02 Å². The monoisotopic (exact) mass is 391 g/mol. The Labute approximate surface area is 169 Å². The molecule has 0 atom stereocenters. The highest BCUT2D eigenvalue weighted by molar-refractivity contribution is 6.34. The van der Waals surface area contributed by atoms with Crippen LogP contribution in [0.3, 0.4) is 0 Å². The van der Waals surface area contributed by atoms with E-state index in [9.17, 15) is 4.79 Å². The Balaban J connectivity index is 2.02. The predicted octanol–water partition coefficient (Wildman–Crippen LogP) is 4.76. The minimum absolute atomic E-state index is 0.147. The number of hydrogen-bond donors (Lipinski definition) is 1. The lowest BCUT2D eigenvalue weighted by Gasteiger charge is -2.11. The molecule has 4 aromatic rings. The van der Waals surface area contributed by atoms with Crippen LogP contribution in [0.4, 0.5) is 5.69 Å². The third-order valence-corrected chi connectivity index (χ3v) is 4.93. The highest BCUT2D eigenvalue weighted by Gasteiger charge is 2.18. The molecule has 0 fully saturated rings. The van der Waals surface area contributed by atoms with E-state index in [2.05, 4.69) is 20.1 Å². The standard InChI is InChI=1S/C21H16ClN5O/c1-4-18-15-10-12(8-9-13(15)21(28)26-25-18)16-11-24-27(3)20(16)14-6-5-7-17(22)19(14)23-2/h5-11H,4H2,1,3H3,(H,26,28)/i4D2. The number of nitrogens with zero attached hydrogens (tertiary/aromatic N) is 4. The molecule has 2 aromatic carbocycles. The number of benzene rings is 2. The smallest absolute Gasteiger partial charge is 0.269 e. The number of nitrogens with one attached hydrogen (secondary N) is 1. The molecule has 0 aliphatic rings. The molecule has 0 unspecified atom stereocenters. The van der Waals surface area contributed by atoms with Crippen LogP contribution in [0, 0.1) is 6.57 Å². The van der Waals surface area contributed by atoms with Crippen LogP contribution in [0.1, 0.15) is 15.4 Å². The number of H-pyrrole nitrogens is 1. The summed E-state index contributed by atoms with van der Waals surface area (Å²) in [7, 11) is 1.77. The highest BCUT2D eigenvalue weighted by atomic mass is 35.5. The summed E-state index contributed by atoms with van der Waals surface area (Å²) in [6.45, 7) is 8.92. The van der Waals surface area contributed by atoms with Crippen LogP contribution in [0.5, 0.6) is 0 Å². The van der Waals surface area contributed by atoms with Gasteiger partial charge in [0.15, 0.2) is 0 Å². The Morgan fingerprint density at radius 1 is 1.29 bits per heavy atom. The van der Waals surface area contributed by atoms with Gasteiger partial charge < -0.3 is 0 Å². The Morgan fingerprint density at radius 2 is 2.11 bits per heavy atom. The first kappa shape index (κ1) is 15.6. The van der Waals surface area contributed by atoms with Crippen molar-refractivity contribution in [1.29, 1.82) is 0 Å². The number of aromatic amines is 1. The van der Waals surface area contributed by atoms with Gasteiger partial charge in [-0.15, -0.1) is 0 Å². The van der Waals surface area contributed by atoms with Crippen molar-refractivity contribution in [2.24, 2.45) is 7.05 Å². The molecule has 1 N–H and O–H groups in total. The minimum atomic E-state index is -1.75. The highest BCUT2D eigenvalue weighted by Crippen LogP contribution is 2.41. The molecule has 0 bridgehead atoms. The average Bonchev–Trinajstić information content (AvgIpc) is 3.08. The fourth-order valence-corrected chi connectivity index (χ4v) is 3.53. The molecular weight excluding hydrogens is 374 g/mol. The molecule has 0 spiro atoms. The van der Waals surface area contributed by atoms with Crippen LogP contribution in [0.25, 0.3) is 38.0 Å². The first-order valence-electron chi connectivity index (χ1n) is 9.44. The first-order chi connectivity index (χ1) is 14.2. The maximum atomic E-state index is 12.2. The SMILES string of the molecule is [2H]C([2H])(C)c1n[nH]c(=O)c2ccc(-c3cnn(C)c3-c3cccc(Cl)c3[N+]#[C-])cc12. The Bertz CT molecular complexity index is 1400. The second-order valence-corrected chi connectivity index (χ2v) is 6.60. The zero-order valence-electron chi connectivity index (χ0n) is 17.1. The number of rotatable bonds is 3. The van der Waals surface area contributed by atoms with Crippen LogP contribution in [0.15, 0.2) is 47.4 Å². The van der Waals surface area contributed by atoms with Crippen molar-refractivity contribution in [3.05, 3.63) is 75.1 Å². The summed E-state index contributed by atoms with van der Waals surface area (Å²) in [5.41, 5.74) is 2.88. The summed E-state index contributed by atoms with van der Waals surface area (Å²) >= 11 is 6.23. The van der Waals surface area contributed by atoms with Crippen molar-refractivity contribution in [1.82, 2.24) is 20.0 Å². The molecule has 0 aliphatic carbocycles. The molecule has 7 heteroatoms. The van der Waals surface area contributed by atoms with Gasteiger partial charge in [-0.2, -0.15) is 10.2 Å². The fraction of sp³-hybridized carbons (Fsp3) is 0.143. The molecule has 0 amide bonds. The van der Waals surface area contributed by atoms with E-state index in [1.54, 1.807) is 48.3 Å². The number of para-hydroxylation sites is 1. The second kappa shape index (κ2) is 6.95. The molecule has 6 nitrogen and oxygen atoms in total. The molecule has 2 heterocycles. The molecule has 138 valence electrons. The zero-order valence-corrected chi connectivity index (χ0v) is 15.9. The van der Waals surface area contributed by atoms with Gasteiger partial charge in [0.25, 0.3) is 5.56 Å². The summed E-state index contributed by atoms with van der Waals surface area (Å²) < 4.78 is 17.8. The van der Waals surface area contributed by atoms with Gasteiger partial charge in [0, 0.05) is 31.3 Å². The van der Waals surface area contributed by atoms with E-state index in [0.717, 1.165) is 11.1 Å². The van der Waals surface area contributed by atoms with Gasteiger partial charge in [-0.05, 0) is 24.1 Å². The number of aromatic nitrogens is 4. The topological polar surface area (TPSA) is 67.9 Å². The Morgan fingerprint density at radius 3 is 2.86 bits per heavy atom. The average molecular weight is 392 g/mol. The molecule has 4 rings (SSSR count). The van der Waals surface area contributed by atoms with Gasteiger partial charge in [-0.25, -0.2) is 9.94 Å². The molecular formula is C21H16ClN5O. The largest absolute Gasteiger partial charge is 0.272 e. The van der Waals surface area contributed by atoms with Gasteiger partial charge in [-0.1, -0.05) is 42.8 Å².